The van der Waals surface area contributed by atoms with Crippen molar-refractivity contribution in [3.63, 3.8) is 0 Å². The van der Waals surface area contributed by atoms with E-state index in [1.807, 2.05) is 14.0 Å². The Morgan fingerprint density at radius 1 is 1.47 bits per heavy atom. The first-order valence-corrected chi connectivity index (χ1v) is 5.25. The van der Waals surface area contributed by atoms with Gasteiger partial charge in [0.15, 0.2) is 0 Å². The Balaban J connectivity index is 2.13. The van der Waals surface area contributed by atoms with Crippen LogP contribution in [0.25, 0.3) is 0 Å². The van der Waals surface area contributed by atoms with Crippen molar-refractivity contribution in [2.75, 3.05) is 26.7 Å². The van der Waals surface area contributed by atoms with Crippen molar-refractivity contribution in [1.29, 1.82) is 0 Å². The van der Waals surface area contributed by atoms with Crippen molar-refractivity contribution in [3.05, 3.63) is 0 Å². The highest BCUT2D eigenvalue weighted by molar-refractivity contribution is 5.89. The van der Waals surface area contributed by atoms with Gasteiger partial charge in [-0.05, 0) is 20.0 Å². The smallest absolute Gasteiger partial charge is 0.307 e. The third kappa shape index (κ3) is 3.51. The van der Waals surface area contributed by atoms with Crippen LogP contribution >= 0.6 is 0 Å². The molecule has 1 aliphatic rings. The Morgan fingerprint density at radius 2 is 2.13 bits per heavy atom. The number of likely N-dealkylation sites (N-methyl/N-ethyl adjacent to an activating group) is 1. The highest BCUT2D eigenvalue weighted by Crippen LogP contribution is 2.38. The second-order valence-corrected chi connectivity index (χ2v) is 3.97. The van der Waals surface area contributed by atoms with Crippen LogP contribution in [0.5, 0.6) is 0 Å². The van der Waals surface area contributed by atoms with Gasteiger partial charge in [0.2, 0.25) is 5.91 Å². The summed E-state index contributed by atoms with van der Waals surface area (Å²) in [5.41, 5.74) is 0. The Kier molecular flexibility index (Phi) is 4.08. The predicted molar refractivity (Wildman–Crippen MR) is 55.4 cm³/mol. The quantitative estimate of drug-likeness (QED) is 0.641. The first-order chi connectivity index (χ1) is 7.06. The molecule has 0 aromatic rings. The van der Waals surface area contributed by atoms with E-state index >= 15 is 0 Å². The number of aliphatic carboxylic acids is 1. The molecule has 2 N–H and O–H groups in total. The Hall–Kier alpha value is -1.10. The zero-order chi connectivity index (χ0) is 11.4. The Morgan fingerprint density at radius 3 is 2.60 bits per heavy atom. The third-order valence-corrected chi connectivity index (χ3v) is 2.78. The van der Waals surface area contributed by atoms with Crippen LogP contribution in [-0.4, -0.2) is 48.6 Å². The molecular formula is C10H18N2O3. The molecule has 0 aromatic carbocycles. The molecule has 0 bridgehead atoms. The number of hydrogen-bond acceptors (Lipinski definition) is 3. The molecule has 86 valence electrons. The van der Waals surface area contributed by atoms with Crippen molar-refractivity contribution >= 4 is 11.9 Å². The summed E-state index contributed by atoms with van der Waals surface area (Å²) in [7, 11) is 1.98. The van der Waals surface area contributed by atoms with Gasteiger partial charge in [-0.25, -0.2) is 0 Å². The van der Waals surface area contributed by atoms with Gasteiger partial charge in [0.1, 0.15) is 0 Å². The van der Waals surface area contributed by atoms with Gasteiger partial charge in [0.25, 0.3) is 0 Å². The topological polar surface area (TPSA) is 69.6 Å². The Bertz CT molecular complexity index is 255. The van der Waals surface area contributed by atoms with E-state index in [-0.39, 0.29) is 11.8 Å². The van der Waals surface area contributed by atoms with E-state index in [0.717, 1.165) is 13.1 Å². The first kappa shape index (κ1) is 12.0. The van der Waals surface area contributed by atoms with Crippen LogP contribution in [-0.2, 0) is 9.59 Å². The predicted octanol–water partition coefficient (Wildman–Crippen LogP) is -0.225. The van der Waals surface area contributed by atoms with Crippen LogP contribution < -0.4 is 5.32 Å². The van der Waals surface area contributed by atoms with Crippen LogP contribution in [0.1, 0.15) is 13.3 Å². The second kappa shape index (κ2) is 5.11. The first-order valence-electron chi connectivity index (χ1n) is 5.25. The molecule has 0 heterocycles. The van der Waals surface area contributed by atoms with E-state index in [4.69, 9.17) is 5.11 Å². The standard InChI is InChI=1S/C10H18N2O3/c1-3-12(2)5-4-11-9(13)7-6-8(7)10(14)15/h7-8H,3-6H2,1-2H3,(H,11,13)(H,14,15). The van der Waals surface area contributed by atoms with Crippen molar-refractivity contribution in [3.8, 4) is 0 Å². The minimum atomic E-state index is -0.860. The maximum absolute atomic E-state index is 11.4. The largest absolute Gasteiger partial charge is 0.481 e. The van der Waals surface area contributed by atoms with Gasteiger partial charge in [-0.2, -0.15) is 0 Å². The molecule has 1 aliphatic carbocycles. The summed E-state index contributed by atoms with van der Waals surface area (Å²) in [5, 5.41) is 11.4. The molecule has 0 saturated heterocycles. The fourth-order valence-electron chi connectivity index (χ4n) is 1.42. The molecule has 2 unspecified atom stereocenters. The van der Waals surface area contributed by atoms with Crippen LogP contribution in [0.2, 0.25) is 0 Å². The molecular weight excluding hydrogens is 196 g/mol. The van der Waals surface area contributed by atoms with E-state index in [2.05, 4.69) is 10.2 Å². The molecule has 1 rings (SSSR count). The van der Waals surface area contributed by atoms with E-state index in [1.165, 1.54) is 0 Å². The lowest BCUT2D eigenvalue weighted by atomic mass is 10.3. The van der Waals surface area contributed by atoms with Crippen LogP contribution in [0.4, 0.5) is 0 Å². The summed E-state index contributed by atoms with van der Waals surface area (Å²) in [6.45, 7) is 4.37. The van der Waals surface area contributed by atoms with Crippen molar-refractivity contribution in [2.45, 2.75) is 13.3 Å². The summed E-state index contributed by atoms with van der Waals surface area (Å²) in [6.07, 6.45) is 0.491. The maximum Gasteiger partial charge on any atom is 0.307 e. The molecule has 5 nitrogen and oxygen atoms in total. The zero-order valence-electron chi connectivity index (χ0n) is 9.19. The molecule has 0 aromatic heterocycles. The lowest BCUT2D eigenvalue weighted by Gasteiger charge is -2.13. The average Bonchev–Trinajstić information content (AvgIpc) is 2.96. The van der Waals surface area contributed by atoms with Crippen molar-refractivity contribution in [1.82, 2.24) is 10.2 Å². The van der Waals surface area contributed by atoms with Crippen LogP contribution in [0.15, 0.2) is 0 Å². The number of carboxylic acid groups (broad SMARTS) is 1. The summed E-state index contributed by atoms with van der Waals surface area (Å²) in [4.78, 5) is 24.0. The number of nitrogens with zero attached hydrogens (tertiary/aromatic N) is 1. The second-order valence-electron chi connectivity index (χ2n) is 3.97. The highest BCUT2D eigenvalue weighted by Gasteiger charge is 2.48. The fraction of sp³-hybridized carbons (Fsp3) is 0.800. The molecule has 0 aliphatic heterocycles. The molecule has 2 atom stereocenters. The molecule has 15 heavy (non-hydrogen) atoms. The maximum atomic E-state index is 11.4. The summed E-state index contributed by atoms with van der Waals surface area (Å²) < 4.78 is 0. The van der Waals surface area contributed by atoms with Gasteiger partial charge in [-0.3, -0.25) is 9.59 Å². The van der Waals surface area contributed by atoms with Crippen LogP contribution in [0.3, 0.4) is 0 Å². The average molecular weight is 214 g/mol. The van der Waals surface area contributed by atoms with Gasteiger partial charge in [0, 0.05) is 13.1 Å². The van der Waals surface area contributed by atoms with E-state index in [9.17, 15) is 9.59 Å². The summed E-state index contributed by atoms with van der Waals surface area (Å²) in [5.74, 6) is -1.73. The van der Waals surface area contributed by atoms with Crippen molar-refractivity contribution < 1.29 is 14.7 Å². The van der Waals surface area contributed by atoms with Gasteiger partial charge in [0.05, 0.1) is 11.8 Å². The number of hydrogen-bond donors (Lipinski definition) is 2. The summed E-state index contributed by atoms with van der Waals surface area (Å²) in [6, 6.07) is 0. The number of amides is 1. The molecule has 1 fully saturated rings. The van der Waals surface area contributed by atoms with E-state index in [1.54, 1.807) is 0 Å². The van der Waals surface area contributed by atoms with Crippen molar-refractivity contribution in [2.24, 2.45) is 11.8 Å². The highest BCUT2D eigenvalue weighted by atomic mass is 16.4. The van der Waals surface area contributed by atoms with Gasteiger partial charge in [-0.1, -0.05) is 6.92 Å². The Labute approximate surface area is 89.4 Å². The molecule has 5 heteroatoms. The number of carbonyl (C=O) groups excluding carboxylic acids is 1. The van der Waals surface area contributed by atoms with E-state index in [0.29, 0.717) is 13.0 Å². The molecule has 0 radical (unpaired) electrons. The fourth-order valence-corrected chi connectivity index (χ4v) is 1.42. The van der Waals surface area contributed by atoms with E-state index < -0.39 is 11.9 Å². The zero-order valence-corrected chi connectivity index (χ0v) is 9.19. The number of nitrogens with one attached hydrogen (secondary N) is 1. The minimum absolute atomic E-state index is 0.119. The number of carbonyl (C=O) groups is 2. The number of carboxylic acids is 1. The molecule has 1 amide bonds. The third-order valence-electron chi connectivity index (χ3n) is 2.78. The van der Waals surface area contributed by atoms with Crippen LogP contribution in [0, 0.1) is 11.8 Å². The monoisotopic (exact) mass is 214 g/mol. The van der Waals surface area contributed by atoms with Gasteiger partial charge >= 0.3 is 5.97 Å². The van der Waals surface area contributed by atoms with Gasteiger partial charge < -0.3 is 15.3 Å². The molecule has 0 spiro atoms. The summed E-state index contributed by atoms with van der Waals surface area (Å²) >= 11 is 0. The van der Waals surface area contributed by atoms with Gasteiger partial charge in [-0.15, -0.1) is 0 Å². The SMILES string of the molecule is CCN(C)CCNC(=O)C1CC1C(=O)O. The normalized spacial score (nSPS) is 23.9. The lowest BCUT2D eigenvalue weighted by molar-refractivity contribution is -0.140. The lowest BCUT2D eigenvalue weighted by Crippen LogP contribution is -2.34. The molecule has 1 saturated carbocycles. The number of rotatable bonds is 6. The minimum Gasteiger partial charge on any atom is -0.481 e.